The normalized spacial score (nSPS) is 20.2. The molecular weight excluding hydrogens is 304 g/mol. The van der Waals surface area contributed by atoms with Crippen LogP contribution in [0.25, 0.3) is 0 Å². The smallest absolute Gasteiger partial charge is 0.227 e. The quantitative estimate of drug-likeness (QED) is 0.906. The maximum absolute atomic E-state index is 12.4. The summed E-state index contributed by atoms with van der Waals surface area (Å²) in [7, 11) is 0. The predicted molar refractivity (Wildman–Crippen MR) is 91.2 cm³/mol. The second-order valence-electron chi connectivity index (χ2n) is 6.02. The van der Waals surface area contributed by atoms with E-state index in [4.69, 9.17) is 0 Å². The van der Waals surface area contributed by atoms with Crippen molar-refractivity contribution in [3.63, 3.8) is 0 Å². The zero-order valence-electron chi connectivity index (χ0n) is 13.3. The van der Waals surface area contributed by atoms with E-state index in [1.165, 1.54) is 0 Å². The highest BCUT2D eigenvalue weighted by atomic mass is 16.2. The van der Waals surface area contributed by atoms with E-state index in [9.17, 15) is 9.59 Å². The number of anilines is 2. The Labute approximate surface area is 140 Å². The average molecular weight is 324 g/mol. The lowest BCUT2D eigenvalue weighted by Gasteiger charge is -2.27. The first-order valence-corrected chi connectivity index (χ1v) is 8.14. The topological polar surface area (TPSA) is 84.0 Å². The van der Waals surface area contributed by atoms with Gasteiger partial charge in [-0.1, -0.05) is 6.42 Å². The molecule has 1 fully saturated rings. The van der Waals surface area contributed by atoms with Gasteiger partial charge in [0.1, 0.15) is 0 Å². The standard InChI is InChI=1S/C18H20N4O2/c23-17(21-15-6-2-8-19-11-15)13-4-1-5-14(10-13)18(24)22-16-7-3-9-20-12-16/h2-3,6-9,11-14H,1,4-5,10H2,(H,21,23)(H,22,24). The van der Waals surface area contributed by atoms with Crippen molar-refractivity contribution in [1.82, 2.24) is 9.97 Å². The van der Waals surface area contributed by atoms with Gasteiger partial charge in [0.15, 0.2) is 0 Å². The van der Waals surface area contributed by atoms with Gasteiger partial charge in [0, 0.05) is 24.2 Å². The first-order chi connectivity index (χ1) is 11.7. The Bertz CT molecular complexity index is 631. The molecule has 0 bridgehead atoms. The molecule has 1 saturated carbocycles. The highest BCUT2D eigenvalue weighted by Gasteiger charge is 2.31. The fourth-order valence-electron chi connectivity index (χ4n) is 3.03. The minimum atomic E-state index is -0.149. The van der Waals surface area contributed by atoms with Gasteiger partial charge in [-0.15, -0.1) is 0 Å². The molecule has 0 aliphatic heterocycles. The van der Waals surface area contributed by atoms with Crippen molar-refractivity contribution >= 4 is 23.2 Å². The maximum Gasteiger partial charge on any atom is 0.227 e. The van der Waals surface area contributed by atoms with E-state index in [0.717, 1.165) is 19.3 Å². The van der Waals surface area contributed by atoms with Crippen LogP contribution in [-0.2, 0) is 9.59 Å². The molecule has 124 valence electrons. The molecule has 1 aliphatic carbocycles. The van der Waals surface area contributed by atoms with Crippen LogP contribution >= 0.6 is 0 Å². The Balaban J connectivity index is 1.57. The van der Waals surface area contributed by atoms with Gasteiger partial charge >= 0.3 is 0 Å². The van der Waals surface area contributed by atoms with Crippen LogP contribution in [0.2, 0.25) is 0 Å². The lowest BCUT2D eigenvalue weighted by molar-refractivity contribution is -0.124. The van der Waals surface area contributed by atoms with Crippen LogP contribution in [0, 0.1) is 11.8 Å². The van der Waals surface area contributed by atoms with Crippen LogP contribution in [0.3, 0.4) is 0 Å². The Morgan fingerprint density at radius 3 is 1.79 bits per heavy atom. The third-order valence-corrected chi connectivity index (χ3v) is 4.27. The van der Waals surface area contributed by atoms with Crippen LogP contribution in [0.4, 0.5) is 11.4 Å². The molecule has 0 spiro atoms. The first kappa shape index (κ1) is 16.1. The monoisotopic (exact) mass is 324 g/mol. The van der Waals surface area contributed by atoms with Gasteiger partial charge in [-0.05, 0) is 43.5 Å². The van der Waals surface area contributed by atoms with E-state index in [1.807, 2.05) is 0 Å². The number of carbonyl (C=O) groups is 2. The van der Waals surface area contributed by atoms with E-state index in [0.29, 0.717) is 17.8 Å². The summed E-state index contributed by atoms with van der Waals surface area (Å²) in [5, 5.41) is 5.76. The number of hydrogen-bond donors (Lipinski definition) is 2. The number of hydrogen-bond acceptors (Lipinski definition) is 4. The summed E-state index contributed by atoms with van der Waals surface area (Å²) >= 11 is 0. The van der Waals surface area contributed by atoms with Gasteiger partial charge in [-0.2, -0.15) is 0 Å². The molecule has 2 amide bonds. The molecule has 24 heavy (non-hydrogen) atoms. The number of amides is 2. The van der Waals surface area contributed by atoms with Gasteiger partial charge in [-0.3, -0.25) is 19.6 Å². The van der Waals surface area contributed by atoms with Crippen LogP contribution in [-0.4, -0.2) is 21.8 Å². The number of aromatic nitrogens is 2. The summed E-state index contributed by atoms with van der Waals surface area (Å²) in [6.07, 6.45) is 9.62. The van der Waals surface area contributed by atoms with E-state index >= 15 is 0 Å². The van der Waals surface area contributed by atoms with Gasteiger partial charge in [0.05, 0.1) is 23.8 Å². The molecule has 2 unspecified atom stereocenters. The SMILES string of the molecule is O=C(Nc1cccnc1)C1CCCC(C(=O)Nc2cccnc2)C1. The lowest BCUT2D eigenvalue weighted by Crippen LogP contribution is -2.33. The molecule has 0 radical (unpaired) electrons. The Morgan fingerprint density at radius 2 is 1.38 bits per heavy atom. The van der Waals surface area contributed by atoms with Crippen molar-refractivity contribution in [2.24, 2.45) is 11.8 Å². The van der Waals surface area contributed by atoms with Crippen molar-refractivity contribution in [3.05, 3.63) is 49.1 Å². The lowest BCUT2D eigenvalue weighted by atomic mass is 9.80. The number of pyridine rings is 2. The summed E-state index contributed by atoms with van der Waals surface area (Å²) < 4.78 is 0. The molecule has 2 aromatic heterocycles. The minimum absolute atomic E-state index is 0.0399. The molecular formula is C18H20N4O2. The molecule has 6 nitrogen and oxygen atoms in total. The number of carbonyl (C=O) groups excluding carboxylic acids is 2. The number of nitrogens with one attached hydrogen (secondary N) is 2. The molecule has 2 N–H and O–H groups in total. The number of rotatable bonds is 4. The third-order valence-electron chi connectivity index (χ3n) is 4.27. The van der Waals surface area contributed by atoms with Gasteiger partial charge in [0.25, 0.3) is 0 Å². The van der Waals surface area contributed by atoms with Gasteiger partial charge in [-0.25, -0.2) is 0 Å². The molecule has 2 atom stereocenters. The third kappa shape index (κ3) is 4.16. The predicted octanol–water partition coefficient (Wildman–Crippen LogP) is 2.86. The van der Waals surface area contributed by atoms with Crippen LogP contribution < -0.4 is 10.6 Å². The maximum atomic E-state index is 12.4. The Hall–Kier alpha value is -2.76. The summed E-state index contributed by atoms with van der Waals surface area (Å²) in [5.74, 6) is -0.379. The minimum Gasteiger partial charge on any atom is -0.324 e. The summed E-state index contributed by atoms with van der Waals surface area (Å²) in [4.78, 5) is 32.8. The van der Waals surface area contributed by atoms with Crippen molar-refractivity contribution in [2.75, 3.05) is 10.6 Å². The van der Waals surface area contributed by atoms with Crippen molar-refractivity contribution in [3.8, 4) is 0 Å². The van der Waals surface area contributed by atoms with E-state index in [2.05, 4.69) is 20.6 Å². The van der Waals surface area contributed by atoms with E-state index in [1.54, 1.807) is 49.1 Å². The first-order valence-electron chi connectivity index (χ1n) is 8.14. The van der Waals surface area contributed by atoms with E-state index < -0.39 is 0 Å². The van der Waals surface area contributed by atoms with Gasteiger partial charge in [0.2, 0.25) is 11.8 Å². The van der Waals surface area contributed by atoms with Crippen LogP contribution in [0.15, 0.2) is 49.1 Å². The highest BCUT2D eigenvalue weighted by molar-refractivity contribution is 5.95. The van der Waals surface area contributed by atoms with Crippen molar-refractivity contribution in [1.29, 1.82) is 0 Å². The van der Waals surface area contributed by atoms with Gasteiger partial charge < -0.3 is 10.6 Å². The summed E-state index contributed by atoms with van der Waals surface area (Å²) in [6.45, 7) is 0. The molecule has 3 rings (SSSR count). The van der Waals surface area contributed by atoms with E-state index in [-0.39, 0.29) is 23.7 Å². The molecule has 2 aromatic rings. The zero-order chi connectivity index (χ0) is 16.8. The van der Waals surface area contributed by atoms with Crippen LogP contribution in [0.1, 0.15) is 25.7 Å². The molecule has 2 heterocycles. The second-order valence-corrected chi connectivity index (χ2v) is 6.02. The highest BCUT2D eigenvalue weighted by Crippen LogP contribution is 2.30. The summed E-state index contributed by atoms with van der Waals surface area (Å²) in [5.41, 5.74) is 1.37. The zero-order valence-corrected chi connectivity index (χ0v) is 13.3. The van der Waals surface area contributed by atoms with Crippen molar-refractivity contribution < 1.29 is 9.59 Å². The average Bonchev–Trinajstić information content (AvgIpc) is 2.63. The second kappa shape index (κ2) is 7.68. The summed E-state index contributed by atoms with van der Waals surface area (Å²) in [6, 6.07) is 7.17. The molecule has 0 aromatic carbocycles. The molecule has 1 aliphatic rings. The molecule has 6 heteroatoms. The fourth-order valence-corrected chi connectivity index (χ4v) is 3.03. The Morgan fingerprint density at radius 1 is 0.875 bits per heavy atom. The largest absolute Gasteiger partial charge is 0.324 e. The fraction of sp³-hybridized carbons (Fsp3) is 0.333. The Kier molecular flexibility index (Phi) is 5.15. The molecule has 0 saturated heterocycles. The van der Waals surface area contributed by atoms with Crippen LogP contribution in [0.5, 0.6) is 0 Å². The van der Waals surface area contributed by atoms with Crippen molar-refractivity contribution in [2.45, 2.75) is 25.7 Å². The number of nitrogens with zero attached hydrogens (tertiary/aromatic N) is 2.